The first-order valence-electron chi connectivity index (χ1n) is 3.94. The number of carbonyl (C=O) groups excluding carboxylic acids is 1. The monoisotopic (exact) mass is 158 g/mol. The molecule has 0 aromatic rings. The van der Waals surface area contributed by atoms with Crippen LogP contribution in [0.2, 0.25) is 0 Å². The van der Waals surface area contributed by atoms with Crippen molar-refractivity contribution in [2.24, 2.45) is 5.73 Å². The lowest BCUT2D eigenvalue weighted by molar-refractivity contribution is -0.120. The second kappa shape index (κ2) is 3.72. The fraction of sp³-hybridized carbons (Fsp3) is 0.875. The van der Waals surface area contributed by atoms with Crippen molar-refractivity contribution in [3.05, 3.63) is 0 Å². The highest BCUT2D eigenvalue weighted by atomic mass is 16.1. The van der Waals surface area contributed by atoms with Gasteiger partial charge in [-0.3, -0.25) is 4.79 Å². The van der Waals surface area contributed by atoms with Crippen LogP contribution < -0.4 is 11.1 Å². The summed E-state index contributed by atoms with van der Waals surface area (Å²) in [7, 11) is 0. The van der Waals surface area contributed by atoms with Crippen molar-refractivity contribution >= 4 is 5.91 Å². The molecule has 0 aliphatic carbocycles. The zero-order valence-corrected chi connectivity index (χ0v) is 7.77. The molecule has 11 heavy (non-hydrogen) atoms. The van der Waals surface area contributed by atoms with Gasteiger partial charge in [-0.05, 0) is 27.2 Å². The predicted octanol–water partition coefficient (Wildman–Crippen LogP) is 0.638. The maximum Gasteiger partial charge on any atom is 0.234 e. The Balaban J connectivity index is 3.99. The van der Waals surface area contributed by atoms with E-state index in [1.54, 1.807) is 0 Å². The molecule has 0 unspecified atom stereocenters. The molecule has 0 fully saturated rings. The lowest BCUT2D eigenvalue weighted by Gasteiger charge is -2.25. The summed E-state index contributed by atoms with van der Waals surface area (Å²) in [6.07, 6.45) is 0.743. The van der Waals surface area contributed by atoms with Crippen molar-refractivity contribution in [3.8, 4) is 0 Å². The molecule has 0 radical (unpaired) electrons. The standard InChI is InChI=1S/C8H18N2O/c1-5-6(7(9)11)10-8(2,3)4/h6,10H,5H2,1-4H3,(H2,9,11)/t6-/m1/s1. The molecule has 1 atom stereocenters. The summed E-state index contributed by atoms with van der Waals surface area (Å²) in [6, 6.07) is -0.199. The summed E-state index contributed by atoms with van der Waals surface area (Å²) in [5.74, 6) is -0.276. The van der Waals surface area contributed by atoms with Gasteiger partial charge in [0.05, 0.1) is 6.04 Å². The molecular formula is C8H18N2O. The Morgan fingerprint density at radius 1 is 1.55 bits per heavy atom. The normalized spacial score (nSPS) is 14.5. The van der Waals surface area contributed by atoms with Crippen LogP contribution in [0.1, 0.15) is 34.1 Å². The number of hydrogen-bond donors (Lipinski definition) is 2. The molecule has 3 N–H and O–H groups in total. The van der Waals surface area contributed by atoms with Crippen LogP contribution in [-0.4, -0.2) is 17.5 Å². The molecule has 3 nitrogen and oxygen atoms in total. The largest absolute Gasteiger partial charge is 0.368 e. The van der Waals surface area contributed by atoms with E-state index in [1.165, 1.54) is 0 Å². The zero-order valence-electron chi connectivity index (χ0n) is 7.77. The van der Waals surface area contributed by atoms with Crippen molar-refractivity contribution in [1.29, 1.82) is 0 Å². The van der Waals surface area contributed by atoms with E-state index in [1.807, 2.05) is 27.7 Å². The summed E-state index contributed by atoms with van der Waals surface area (Å²) < 4.78 is 0. The summed E-state index contributed by atoms with van der Waals surface area (Å²) in [6.45, 7) is 7.98. The number of nitrogens with one attached hydrogen (secondary N) is 1. The van der Waals surface area contributed by atoms with Gasteiger partial charge in [-0.15, -0.1) is 0 Å². The van der Waals surface area contributed by atoms with Gasteiger partial charge in [0.2, 0.25) is 5.91 Å². The van der Waals surface area contributed by atoms with Crippen molar-refractivity contribution in [1.82, 2.24) is 5.32 Å². The van der Waals surface area contributed by atoms with Crippen LogP contribution in [0.15, 0.2) is 0 Å². The van der Waals surface area contributed by atoms with Gasteiger partial charge in [0.15, 0.2) is 0 Å². The van der Waals surface area contributed by atoms with E-state index in [-0.39, 0.29) is 17.5 Å². The van der Waals surface area contributed by atoms with Crippen molar-refractivity contribution in [3.63, 3.8) is 0 Å². The molecule has 0 saturated heterocycles. The summed E-state index contributed by atoms with van der Waals surface area (Å²) in [4.78, 5) is 10.8. The number of amides is 1. The second-order valence-electron chi connectivity index (χ2n) is 3.76. The van der Waals surface area contributed by atoms with Crippen LogP contribution >= 0.6 is 0 Å². The number of carbonyl (C=O) groups is 1. The smallest absolute Gasteiger partial charge is 0.234 e. The highest BCUT2D eigenvalue weighted by Gasteiger charge is 2.19. The first kappa shape index (κ1) is 10.4. The predicted molar refractivity (Wildman–Crippen MR) is 46.2 cm³/mol. The molecule has 3 heteroatoms. The zero-order chi connectivity index (χ0) is 9.07. The van der Waals surface area contributed by atoms with Gasteiger partial charge in [0.25, 0.3) is 0 Å². The number of rotatable bonds is 3. The Kier molecular flexibility index (Phi) is 3.52. The molecule has 0 heterocycles. The maximum absolute atomic E-state index is 10.8. The van der Waals surface area contributed by atoms with Gasteiger partial charge in [-0.1, -0.05) is 6.92 Å². The van der Waals surface area contributed by atoms with E-state index in [9.17, 15) is 4.79 Å². The molecule has 0 aliphatic rings. The summed E-state index contributed by atoms with van der Waals surface area (Å²) in [5, 5.41) is 3.13. The van der Waals surface area contributed by atoms with Crippen LogP contribution in [0.3, 0.4) is 0 Å². The minimum absolute atomic E-state index is 0.0459. The van der Waals surface area contributed by atoms with Gasteiger partial charge in [-0.2, -0.15) is 0 Å². The molecule has 66 valence electrons. The van der Waals surface area contributed by atoms with Crippen molar-refractivity contribution in [2.75, 3.05) is 0 Å². The number of nitrogens with two attached hydrogens (primary N) is 1. The Morgan fingerprint density at radius 3 is 2.09 bits per heavy atom. The topological polar surface area (TPSA) is 55.1 Å². The molecule has 0 aromatic carbocycles. The lowest BCUT2D eigenvalue weighted by atomic mass is 10.1. The molecule has 0 bridgehead atoms. The van der Waals surface area contributed by atoms with E-state index < -0.39 is 0 Å². The van der Waals surface area contributed by atoms with Gasteiger partial charge >= 0.3 is 0 Å². The van der Waals surface area contributed by atoms with E-state index in [0.717, 1.165) is 6.42 Å². The van der Waals surface area contributed by atoms with Crippen LogP contribution in [0.4, 0.5) is 0 Å². The van der Waals surface area contributed by atoms with E-state index >= 15 is 0 Å². The fourth-order valence-corrected chi connectivity index (χ4v) is 0.897. The molecule has 0 spiro atoms. The highest BCUT2D eigenvalue weighted by molar-refractivity contribution is 5.79. The third-order valence-electron chi connectivity index (χ3n) is 1.36. The summed E-state index contributed by atoms with van der Waals surface area (Å²) in [5.41, 5.74) is 5.11. The van der Waals surface area contributed by atoms with Crippen molar-refractivity contribution < 1.29 is 4.79 Å². The van der Waals surface area contributed by atoms with Crippen LogP contribution in [0.5, 0.6) is 0 Å². The SMILES string of the molecule is CC[C@@H](NC(C)(C)C)C(N)=O. The molecular weight excluding hydrogens is 140 g/mol. The average molecular weight is 158 g/mol. The molecule has 0 aliphatic heterocycles. The Bertz CT molecular complexity index is 138. The minimum atomic E-state index is -0.276. The fourth-order valence-electron chi connectivity index (χ4n) is 0.897. The number of hydrogen-bond acceptors (Lipinski definition) is 2. The molecule has 0 rings (SSSR count). The van der Waals surface area contributed by atoms with Gasteiger partial charge in [-0.25, -0.2) is 0 Å². The Morgan fingerprint density at radius 2 is 2.00 bits per heavy atom. The Hall–Kier alpha value is -0.570. The average Bonchev–Trinajstić information content (AvgIpc) is 1.80. The maximum atomic E-state index is 10.8. The van der Waals surface area contributed by atoms with Gasteiger partial charge in [0.1, 0.15) is 0 Å². The van der Waals surface area contributed by atoms with E-state index in [0.29, 0.717) is 0 Å². The summed E-state index contributed by atoms with van der Waals surface area (Å²) >= 11 is 0. The molecule has 0 aromatic heterocycles. The molecule has 1 amide bonds. The third-order valence-corrected chi connectivity index (χ3v) is 1.36. The van der Waals surface area contributed by atoms with E-state index in [4.69, 9.17) is 5.73 Å². The Labute approximate surface area is 68.3 Å². The van der Waals surface area contributed by atoms with Crippen LogP contribution in [-0.2, 0) is 4.79 Å². The molecule has 0 saturated carbocycles. The first-order chi connectivity index (χ1) is 4.87. The second-order valence-corrected chi connectivity index (χ2v) is 3.76. The van der Waals surface area contributed by atoms with Crippen LogP contribution in [0.25, 0.3) is 0 Å². The quantitative estimate of drug-likeness (QED) is 0.633. The van der Waals surface area contributed by atoms with Gasteiger partial charge in [0, 0.05) is 5.54 Å². The van der Waals surface area contributed by atoms with E-state index in [2.05, 4.69) is 5.32 Å². The van der Waals surface area contributed by atoms with Crippen LogP contribution in [0, 0.1) is 0 Å². The minimum Gasteiger partial charge on any atom is -0.368 e. The third kappa shape index (κ3) is 4.79. The first-order valence-corrected chi connectivity index (χ1v) is 3.94. The number of primary amides is 1. The van der Waals surface area contributed by atoms with Crippen molar-refractivity contribution in [2.45, 2.75) is 45.7 Å². The highest BCUT2D eigenvalue weighted by Crippen LogP contribution is 2.02. The van der Waals surface area contributed by atoms with Gasteiger partial charge < -0.3 is 11.1 Å². The lowest BCUT2D eigenvalue weighted by Crippen LogP contribution is -2.49.